The number of carbonyl (C=O) groups is 3. The monoisotopic (exact) mass is 614 g/mol. The minimum Gasteiger partial charge on any atom is -0.445 e. The van der Waals surface area contributed by atoms with Crippen molar-refractivity contribution in [2.45, 2.75) is 175 Å². The fourth-order valence-electron chi connectivity index (χ4n) is 4.94. The van der Waals surface area contributed by atoms with Gasteiger partial charge in [0, 0.05) is 5.75 Å². The van der Waals surface area contributed by atoms with Crippen LogP contribution in [0.3, 0.4) is 0 Å². The largest absolute Gasteiger partial charge is 0.445 e. The van der Waals surface area contributed by atoms with Crippen molar-refractivity contribution < 1.29 is 23.9 Å². The number of carbonyl (C=O) groups excluding carboxylic acids is 3. The Morgan fingerprint density at radius 1 is 0.548 bits per heavy atom. The molecule has 42 heavy (non-hydrogen) atoms. The summed E-state index contributed by atoms with van der Waals surface area (Å²) in [5.41, 5.74) is 0. The summed E-state index contributed by atoms with van der Waals surface area (Å²) < 4.78 is 11.8. The van der Waals surface area contributed by atoms with Gasteiger partial charge < -0.3 is 14.4 Å². The van der Waals surface area contributed by atoms with E-state index in [4.69, 9.17) is 9.47 Å². The Hall–Kier alpha value is -1.28. The lowest BCUT2D eigenvalue weighted by atomic mass is 10.0. The Balaban J connectivity index is 5.62. The van der Waals surface area contributed by atoms with E-state index in [1.807, 2.05) is 14.1 Å². The van der Waals surface area contributed by atoms with Gasteiger partial charge in [-0.25, -0.2) is 9.59 Å². The van der Waals surface area contributed by atoms with Crippen LogP contribution in [0.1, 0.15) is 163 Å². The van der Waals surface area contributed by atoms with E-state index in [1.54, 1.807) is 0 Å². The van der Waals surface area contributed by atoms with Gasteiger partial charge in [0.15, 0.2) is 0 Å². The molecular weight excluding hydrogens is 548 g/mol. The second-order valence-electron chi connectivity index (χ2n) is 12.0. The fraction of sp³-hybridized carbons (Fsp3) is 0.912. The Kier molecular flexibility index (Phi) is 27.6. The number of amides is 3. The molecule has 7 nitrogen and oxygen atoms in total. The van der Waals surface area contributed by atoms with Crippen LogP contribution < -0.4 is 0 Å². The highest BCUT2D eigenvalue weighted by Crippen LogP contribution is 2.22. The zero-order valence-corrected chi connectivity index (χ0v) is 29.1. The first-order chi connectivity index (χ1) is 20.3. The third kappa shape index (κ3) is 22.3. The molecule has 0 aliphatic carbocycles. The number of hydrogen-bond donors (Lipinski definition) is 0. The molecule has 0 N–H and O–H groups in total. The summed E-state index contributed by atoms with van der Waals surface area (Å²) in [7, 11) is 3.96. The number of imide groups is 3. The summed E-state index contributed by atoms with van der Waals surface area (Å²) in [5, 5.41) is -0.602. The second-order valence-corrected chi connectivity index (χ2v) is 13.1. The van der Waals surface area contributed by atoms with Gasteiger partial charge in [-0.1, -0.05) is 117 Å². The molecule has 8 heteroatoms. The summed E-state index contributed by atoms with van der Waals surface area (Å²) in [6.45, 7) is 9.52. The predicted octanol–water partition coefficient (Wildman–Crippen LogP) is 11.0. The van der Waals surface area contributed by atoms with Gasteiger partial charge >= 0.3 is 17.4 Å². The van der Waals surface area contributed by atoms with Crippen molar-refractivity contribution >= 4 is 29.2 Å². The topological polar surface area (TPSA) is 76.1 Å². The molecule has 0 unspecified atom stereocenters. The highest BCUT2D eigenvalue weighted by molar-refractivity contribution is 8.13. The highest BCUT2D eigenvalue weighted by Gasteiger charge is 2.35. The van der Waals surface area contributed by atoms with E-state index in [9.17, 15) is 14.4 Å². The van der Waals surface area contributed by atoms with Crippen LogP contribution in [-0.4, -0.2) is 65.8 Å². The van der Waals surface area contributed by atoms with Crippen LogP contribution in [0.2, 0.25) is 0 Å². The van der Waals surface area contributed by atoms with Crippen molar-refractivity contribution in [1.82, 2.24) is 9.80 Å². The number of rotatable bonds is 26. The van der Waals surface area contributed by atoms with Crippen molar-refractivity contribution in [3.8, 4) is 0 Å². The van der Waals surface area contributed by atoms with Crippen LogP contribution in [-0.2, 0) is 9.47 Å². The number of nitrogens with zero attached hydrogens (tertiary/aromatic N) is 2. The molecule has 0 atom stereocenters. The molecule has 0 aliphatic heterocycles. The Bertz CT molecular complexity index is 610. The van der Waals surface area contributed by atoms with Crippen LogP contribution in [0.15, 0.2) is 0 Å². The number of unbranched alkanes of at least 4 members (excludes halogenated alkanes) is 12. The van der Waals surface area contributed by atoms with E-state index in [2.05, 4.69) is 32.6 Å². The lowest BCUT2D eigenvalue weighted by Gasteiger charge is -2.25. The van der Waals surface area contributed by atoms with Crippen molar-refractivity contribution in [3.63, 3.8) is 0 Å². The van der Waals surface area contributed by atoms with Crippen LogP contribution in [0, 0.1) is 0 Å². The van der Waals surface area contributed by atoms with Gasteiger partial charge in [-0.15, -0.1) is 4.90 Å². The zero-order chi connectivity index (χ0) is 31.4. The molecule has 0 radical (unpaired) electrons. The first kappa shape index (κ1) is 40.7. The SMILES string of the molecule is CCCCCCC(CCCCCC)OC(=O)N(C(=O)OC(CCCCCC)CCCCCC)C(=O)SCCCN(C)C. The molecule has 0 rings (SSSR count). The van der Waals surface area contributed by atoms with Crippen molar-refractivity contribution in [2.24, 2.45) is 0 Å². The smallest absolute Gasteiger partial charge is 0.427 e. The van der Waals surface area contributed by atoms with Gasteiger partial charge in [0.25, 0.3) is 0 Å². The molecule has 0 saturated heterocycles. The summed E-state index contributed by atoms with van der Waals surface area (Å²) in [5.74, 6) is 0.517. The van der Waals surface area contributed by atoms with E-state index in [1.165, 1.54) is 0 Å². The first-order valence-electron chi connectivity index (χ1n) is 17.3. The van der Waals surface area contributed by atoms with Crippen molar-refractivity contribution in [3.05, 3.63) is 0 Å². The molecule has 248 valence electrons. The lowest BCUT2D eigenvalue weighted by Crippen LogP contribution is -2.43. The lowest BCUT2D eigenvalue weighted by molar-refractivity contribution is 0.0394. The molecule has 0 spiro atoms. The Morgan fingerprint density at radius 2 is 0.905 bits per heavy atom. The number of thioether (sulfide) groups is 1. The minimum atomic E-state index is -0.878. The van der Waals surface area contributed by atoms with E-state index in [0.717, 1.165) is 153 Å². The average molecular weight is 615 g/mol. The second kappa shape index (κ2) is 28.5. The molecule has 0 aliphatic rings. The van der Waals surface area contributed by atoms with Crippen molar-refractivity contribution in [1.29, 1.82) is 0 Å². The summed E-state index contributed by atoms with van der Waals surface area (Å²) in [4.78, 5) is 43.0. The molecule has 3 amide bonds. The highest BCUT2D eigenvalue weighted by atomic mass is 32.2. The summed E-state index contributed by atoms with van der Waals surface area (Å²) in [6.07, 6.45) is 18.8. The molecular formula is C34H66N2O5S. The van der Waals surface area contributed by atoms with Crippen molar-refractivity contribution in [2.75, 3.05) is 26.4 Å². The molecule has 0 aromatic heterocycles. The van der Waals surface area contributed by atoms with Gasteiger partial charge in [0.05, 0.1) is 0 Å². The quantitative estimate of drug-likeness (QED) is 0.0897. The fourth-order valence-corrected chi connectivity index (χ4v) is 5.66. The molecule has 0 fully saturated rings. The van der Waals surface area contributed by atoms with Crippen LogP contribution in [0.4, 0.5) is 14.4 Å². The molecule has 0 saturated carbocycles. The minimum absolute atomic E-state index is 0.299. The maximum atomic E-state index is 13.5. The average Bonchev–Trinajstić information content (AvgIpc) is 2.95. The number of hydrogen-bond acceptors (Lipinski definition) is 7. The molecule has 0 heterocycles. The normalized spacial score (nSPS) is 11.5. The van der Waals surface area contributed by atoms with Gasteiger partial charge in [-0.2, -0.15) is 0 Å². The third-order valence-electron chi connectivity index (χ3n) is 7.58. The predicted molar refractivity (Wildman–Crippen MR) is 178 cm³/mol. The first-order valence-corrected chi connectivity index (χ1v) is 18.3. The summed E-state index contributed by atoms with van der Waals surface area (Å²) >= 11 is 0.994. The van der Waals surface area contributed by atoms with Gasteiger partial charge in [0.1, 0.15) is 12.2 Å². The van der Waals surface area contributed by atoms with Crippen LogP contribution in [0.25, 0.3) is 0 Å². The molecule has 0 bridgehead atoms. The van der Waals surface area contributed by atoms with Gasteiger partial charge in [0.2, 0.25) is 0 Å². The van der Waals surface area contributed by atoms with E-state index in [0.29, 0.717) is 10.7 Å². The summed E-state index contributed by atoms with van der Waals surface area (Å²) in [6, 6.07) is 0. The maximum absolute atomic E-state index is 13.5. The Labute approximate surface area is 263 Å². The van der Waals surface area contributed by atoms with Gasteiger partial charge in [-0.3, -0.25) is 4.79 Å². The van der Waals surface area contributed by atoms with Crippen LogP contribution in [0.5, 0.6) is 0 Å². The standard InChI is InChI=1S/C34H66N2O5S/c1-7-11-15-19-24-30(25-20-16-12-8-2)40-32(37)36(34(39)42-29-23-28-35(5)6)33(38)41-31(26-21-17-13-9-3)27-22-18-14-10-4/h30-31H,7-29H2,1-6H3. The third-order valence-corrected chi connectivity index (χ3v) is 8.50. The molecule has 0 aromatic carbocycles. The van der Waals surface area contributed by atoms with Crippen LogP contribution >= 0.6 is 11.8 Å². The van der Waals surface area contributed by atoms with E-state index in [-0.39, 0.29) is 12.2 Å². The molecule has 0 aromatic rings. The Morgan fingerprint density at radius 3 is 1.21 bits per heavy atom. The van der Waals surface area contributed by atoms with E-state index >= 15 is 0 Å². The zero-order valence-electron chi connectivity index (χ0n) is 28.3. The number of ether oxygens (including phenoxy) is 2. The maximum Gasteiger partial charge on any atom is 0.427 e. The van der Waals surface area contributed by atoms with Gasteiger partial charge in [-0.05, 0) is 78.4 Å². The van der Waals surface area contributed by atoms with E-state index < -0.39 is 17.4 Å².